The van der Waals surface area contributed by atoms with Gasteiger partial charge in [-0.1, -0.05) is 0 Å². The second-order valence-corrected chi connectivity index (χ2v) is 3.23. The van der Waals surface area contributed by atoms with Crippen molar-refractivity contribution in [1.29, 1.82) is 0 Å². The molecular weight excluding hydrogens is 152 g/mol. The highest BCUT2D eigenvalue weighted by Gasteiger charge is 2.46. The number of hydrogen-bond donors (Lipinski definition) is 1. The van der Waals surface area contributed by atoms with Crippen LogP contribution in [0.3, 0.4) is 0 Å². The van der Waals surface area contributed by atoms with Crippen LogP contribution in [0.5, 0.6) is 0 Å². The number of aromatic nitrogens is 3. The third-order valence-electron chi connectivity index (χ3n) is 2.57. The molecule has 1 aliphatic rings. The molecule has 0 spiro atoms. The Kier molecular flexibility index (Phi) is 1.65. The van der Waals surface area contributed by atoms with Crippen LogP contribution < -0.4 is 5.32 Å². The Labute approximate surface area is 72.0 Å². The summed E-state index contributed by atoms with van der Waals surface area (Å²) in [4.78, 5) is 4.28. The quantitative estimate of drug-likeness (QED) is 0.711. The van der Waals surface area contributed by atoms with E-state index >= 15 is 0 Å². The van der Waals surface area contributed by atoms with Gasteiger partial charge in [-0.05, 0) is 26.8 Å². The van der Waals surface area contributed by atoms with Gasteiger partial charge in [0.25, 0.3) is 0 Å². The van der Waals surface area contributed by atoms with Crippen LogP contribution in [0.15, 0.2) is 6.33 Å². The zero-order chi connectivity index (χ0) is 8.60. The van der Waals surface area contributed by atoms with E-state index < -0.39 is 0 Å². The first-order chi connectivity index (χ1) is 5.82. The fraction of sp³-hybridized carbons (Fsp3) is 0.750. The lowest BCUT2D eigenvalue weighted by Crippen LogP contribution is -2.28. The van der Waals surface area contributed by atoms with Crippen molar-refractivity contribution in [3.8, 4) is 0 Å². The summed E-state index contributed by atoms with van der Waals surface area (Å²) < 4.78 is 1.96. The van der Waals surface area contributed by atoms with Crippen molar-refractivity contribution in [3.05, 3.63) is 12.2 Å². The van der Waals surface area contributed by atoms with Crippen molar-refractivity contribution in [1.82, 2.24) is 20.1 Å². The summed E-state index contributed by atoms with van der Waals surface area (Å²) in [7, 11) is 1.99. The normalized spacial score (nSPS) is 19.5. The molecule has 66 valence electrons. The molecule has 4 heteroatoms. The fourth-order valence-corrected chi connectivity index (χ4v) is 1.58. The molecule has 4 nitrogen and oxygen atoms in total. The molecule has 0 atom stereocenters. The van der Waals surface area contributed by atoms with Crippen LogP contribution >= 0.6 is 0 Å². The van der Waals surface area contributed by atoms with Crippen molar-refractivity contribution in [2.75, 3.05) is 7.05 Å². The molecular formula is C8H14N4. The molecule has 1 heterocycles. The van der Waals surface area contributed by atoms with Crippen molar-refractivity contribution < 1.29 is 0 Å². The molecule has 0 radical (unpaired) electrons. The van der Waals surface area contributed by atoms with E-state index in [2.05, 4.69) is 22.3 Å². The molecule has 1 aromatic heterocycles. The van der Waals surface area contributed by atoms with E-state index in [1.165, 1.54) is 12.8 Å². The molecule has 0 saturated heterocycles. The maximum absolute atomic E-state index is 4.28. The van der Waals surface area contributed by atoms with Gasteiger partial charge in [-0.25, -0.2) is 9.67 Å². The van der Waals surface area contributed by atoms with Gasteiger partial charge in [0.1, 0.15) is 12.2 Å². The van der Waals surface area contributed by atoms with Crippen LogP contribution in [-0.2, 0) is 12.1 Å². The van der Waals surface area contributed by atoms with E-state index in [4.69, 9.17) is 0 Å². The number of nitrogens with zero attached hydrogens (tertiary/aromatic N) is 3. The predicted octanol–water partition coefficient (Wildman–Crippen LogP) is 0.506. The molecule has 0 amide bonds. The monoisotopic (exact) mass is 166 g/mol. The zero-order valence-corrected chi connectivity index (χ0v) is 7.54. The number of rotatable bonds is 3. The first-order valence-electron chi connectivity index (χ1n) is 4.39. The highest BCUT2D eigenvalue weighted by Crippen LogP contribution is 2.43. The minimum absolute atomic E-state index is 0.145. The summed E-state index contributed by atoms with van der Waals surface area (Å²) in [6.45, 7) is 2.99. The van der Waals surface area contributed by atoms with E-state index in [9.17, 15) is 0 Å². The Hall–Kier alpha value is -0.900. The molecule has 1 fully saturated rings. The standard InChI is InChI=1S/C8H14N4/c1-3-12-7(10-6-11-12)8(9-2)4-5-8/h6,9H,3-5H2,1-2H3. The highest BCUT2D eigenvalue weighted by atomic mass is 15.4. The Morgan fingerprint density at radius 3 is 2.92 bits per heavy atom. The largest absolute Gasteiger partial charge is 0.308 e. The van der Waals surface area contributed by atoms with Crippen molar-refractivity contribution in [2.24, 2.45) is 0 Å². The number of nitrogens with one attached hydrogen (secondary N) is 1. The Balaban J connectivity index is 2.32. The second-order valence-electron chi connectivity index (χ2n) is 3.23. The molecule has 0 aliphatic heterocycles. The van der Waals surface area contributed by atoms with Crippen molar-refractivity contribution in [3.63, 3.8) is 0 Å². The van der Waals surface area contributed by atoms with Gasteiger partial charge in [0.05, 0.1) is 5.54 Å². The smallest absolute Gasteiger partial charge is 0.147 e. The van der Waals surface area contributed by atoms with E-state index in [0.29, 0.717) is 0 Å². The van der Waals surface area contributed by atoms with Crippen molar-refractivity contribution >= 4 is 0 Å². The molecule has 0 aromatic carbocycles. The lowest BCUT2D eigenvalue weighted by atomic mass is 10.2. The average molecular weight is 166 g/mol. The topological polar surface area (TPSA) is 42.7 Å². The summed E-state index contributed by atoms with van der Waals surface area (Å²) >= 11 is 0. The SMILES string of the molecule is CCn1ncnc1C1(NC)CC1. The third kappa shape index (κ3) is 0.948. The maximum Gasteiger partial charge on any atom is 0.147 e. The molecule has 1 N–H and O–H groups in total. The summed E-state index contributed by atoms with van der Waals surface area (Å²) in [5, 5.41) is 7.46. The van der Waals surface area contributed by atoms with Gasteiger partial charge in [-0.3, -0.25) is 0 Å². The van der Waals surface area contributed by atoms with Crippen molar-refractivity contribution in [2.45, 2.75) is 31.8 Å². The Morgan fingerprint density at radius 2 is 2.42 bits per heavy atom. The first kappa shape index (κ1) is 7.73. The molecule has 2 rings (SSSR count). The minimum atomic E-state index is 0.145. The third-order valence-corrected chi connectivity index (χ3v) is 2.57. The fourth-order valence-electron chi connectivity index (χ4n) is 1.58. The summed E-state index contributed by atoms with van der Waals surface area (Å²) in [6, 6.07) is 0. The molecule has 1 saturated carbocycles. The van der Waals surface area contributed by atoms with E-state index in [1.807, 2.05) is 11.7 Å². The van der Waals surface area contributed by atoms with Crippen LogP contribution in [0.2, 0.25) is 0 Å². The van der Waals surface area contributed by atoms with Crippen LogP contribution in [-0.4, -0.2) is 21.8 Å². The van der Waals surface area contributed by atoms with Crippen LogP contribution in [0.4, 0.5) is 0 Å². The van der Waals surface area contributed by atoms with Gasteiger partial charge in [-0.15, -0.1) is 0 Å². The molecule has 1 aromatic rings. The van der Waals surface area contributed by atoms with Crippen LogP contribution in [0.1, 0.15) is 25.6 Å². The summed E-state index contributed by atoms with van der Waals surface area (Å²) in [5.41, 5.74) is 0.145. The Morgan fingerprint density at radius 1 is 1.67 bits per heavy atom. The number of aryl methyl sites for hydroxylation is 1. The summed E-state index contributed by atoms with van der Waals surface area (Å²) in [6.07, 6.45) is 4.00. The van der Waals surface area contributed by atoms with E-state index in [1.54, 1.807) is 6.33 Å². The van der Waals surface area contributed by atoms with Gasteiger partial charge < -0.3 is 5.32 Å². The van der Waals surface area contributed by atoms with Crippen LogP contribution in [0, 0.1) is 0 Å². The lowest BCUT2D eigenvalue weighted by Gasteiger charge is -2.13. The molecule has 0 unspecified atom stereocenters. The van der Waals surface area contributed by atoms with Gasteiger partial charge in [0.2, 0.25) is 0 Å². The molecule has 12 heavy (non-hydrogen) atoms. The highest BCUT2D eigenvalue weighted by molar-refractivity contribution is 5.15. The van der Waals surface area contributed by atoms with E-state index in [0.717, 1.165) is 12.4 Å². The number of hydrogen-bond acceptors (Lipinski definition) is 3. The van der Waals surface area contributed by atoms with Gasteiger partial charge in [-0.2, -0.15) is 5.10 Å². The predicted molar refractivity (Wildman–Crippen MR) is 45.7 cm³/mol. The zero-order valence-electron chi connectivity index (χ0n) is 7.54. The molecule has 0 bridgehead atoms. The van der Waals surface area contributed by atoms with Crippen LogP contribution in [0.25, 0.3) is 0 Å². The van der Waals surface area contributed by atoms with Gasteiger partial charge in [0.15, 0.2) is 0 Å². The first-order valence-corrected chi connectivity index (χ1v) is 4.39. The van der Waals surface area contributed by atoms with Gasteiger partial charge in [0, 0.05) is 6.54 Å². The average Bonchev–Trinajstić information content (AvgIpc) is 2.76. The lowest BCUT2D eigenvalue weighted by molar-refractivity contribution is 0.490. The Bertz CT molecular complexity index is 274. The molecule has 1 aliphatic carbocycles. The summed E-state index contributed by atoms with van der Waals surface area (Å²) in [5.74, 6) is 1.09. The van der Waals surface area contributed by atoms with E-state index in [-0.39, 0.29) is 5.54 Å². The second kappa shape index (κ2) is 2.55. The van der Waals surface area contributed by atoms with Gasteiger partial charge >= 0.3 is 0 Å². The minimum Gasteiger partial charge on any atom is -0.308 e. The maximum atomic E-state index is 4.28.